The van der Waals surface area contributed by atoms with Crippen LogP contribution in [0.3, 0.4) is 0 Å². The summed E-state index contributed by atoms with van der Waals surface area (Å²) in [4.78, 5) is 15.7. The van der Waals surface area contributed by atoms with Gasteiger partial charge in [0.15, 0.2) is 0 Å². The van der Waals surface area contributed by atoms with E-state index in [1.165, 1.54) is 0 Å². The molecule has 1 rings (SSSR count). The Kier molecular flexibility index (Phi) is 6.65. The standard InChI is InChI=1S/C12H18N2O2S/c1-10-9-11(3-4-13-10)12(16)14-5-8-17-7-2-6-15/h3-4,9,15H,2,5-8H2,1H3,(H,14,16). The third-order valence-electron chi connectivity index (χ3n) is 2.14. The van der Waals surface area contributed by atoms with Crippen LogP contribution in [0, 0.1) is 6.92 Å². The van der Waals surface area contributed by atoms with Gasteiger partial charge in [-0.15, -0.1) is 0 Å². The maximum atomic E-state index is 11.7. The quantitative estimate of drug-likeness (QED) is 0.719. The topological polar surface area (TPSA) is 62.2 Å². The van der Waals surface area contributed by atoms with Gasteiger partial charge in [0.05, 0.1) is 0 Å². The highest BCUT2D eigenvalue weighted by atomic mass is 32.2. The van der Waals surface area contributed by atoms with E-state index in [9.17, 15) is 4.79 Å². The third kappa shape index (κ3) is 5.70. The molecule has 0 fully saturated rings. The Morgan fingerprint density at radius 3 is 3.06 bits per heavy atom. The molecule has 0 aromatic carbocycles. The molecule has 1 aromatic rings. The van der Waals surface area contributed by atoms with Gasteiger partial charge in [-0.05, 0) is 31.2 Å². The summed E-state index contributed by atoms with van der Waals surface area (Å²) in [5.74, 6) is 1.74. The molecule has 1 heterocycles. The summed E-state index contributed by atoms with van der Waals surface area (Å²) in [7, 11) is 0. The van der Waals surface area contributed by atoms with Crippen LogP contribution in [-0.2, 0) is 0 Å². The van der Waals surface area contributed by atoms with Crippen LogP contribution < -0.4 is 5.32 Å². The SMILES string of the molecule is Cc1cc(C(=O)NCCSCCCO)ccn1. The van der Waals surface area contributed by atoms with Crippen molar-refractivity contribution in [3.8, 4) is 0 Å². The minimum absolute atomic E-state index is 0.0572. The molecule has 0 bridgehead atoms. The van der Waals surface area contributed by atoms with Gasteiger partial charge in [-0.25, -0.2) is 0 Å². The number of nitrogens with one attached hydrogen (secondary N) is 1. The number of rotatable bonds is 7. The maximum absolute atomic E-state index is 11.7. The zero-order chi connectivity index (χ0) is 12.5. The zero-order valence-corrected chi connectivity index (χ0v) is 10.8. The number of aliphatic hydroxyl groups is 1. The molecule has 0 spiro atoms. The first kappa shape index (κ1) is 14.0. The van der Waals surface area contributed by atoms with Gasteiger partial charge >= 0.3 is 0 Å². The summed E-state index contributed by atoms with van der Waals surface area (Å²) >= 11 is 1.73. The molecule has 1 amide bonds. The Balaban J connectivity index is 2.21. The number of carbonyl (C=O) groups is 1. The Morgan fingerprint density at radius 2 is 2.35 bits per heavy atom. The fourth-order valence-electron chi connectivity index (χ4n) is 1.29. The largest absolute Gasteiger partial charge is 0.396 e. The van der Waals surface area contributed by atoms with Gasteiger partial charge in [0.2, 0.25) is 0 Å². The number of thioether (sulfide) groups is 1. The third-order valence-corrected chi connectivity index (χ3v) is 3.21. The lowest BCUT2D eigenvalue weighted by Crippen LogP contribution is -2.25. The van der Waals surface area contributed by atoms with Gasteiger partial charge in [0.1, 0.15) is 0 Å². The number of carbonyl (C=O) groups excluding carboxylic acids is 1. The Hall–Kier alpha value is -1.07. The van der Waals surface area contributed by atoms with Gasteiger partial charge in [0.25, 0.3) is 5.91 Å². The predicted molar refractivity (Wildman–Crippen MR) is 70.3 cm³/mol. The van der Waals surface area contributed by atoms with E-state index < -0.39 is 0 Å². The molecule has 0 aliphatic rings. The molecule has 0 unspecified atom stereocenters. The number of amides is 1. The average molecular weight is 254 g/mol. The molecule has 0 aliphatic heterocycles. The predicted octanol–water partition coefficient (Wildman–Crippen LogP) is 1.24. The average Bonchev–Trinajstić information content (AvgIpc) is 2.33. The van der Waals surface area contributed by atoms with Gasteiger partial charge in [0, 0.05) is 36.4 Å². The number of hydrogen-bond donors (Lipinski definition) is 2. The second-order valence-corrected chi connectivity index (χ2v) is 4.86. The van der Waals surface area contributed by atoms with Gasteiger partial charge in [-0.2, -0.15) is 11.8 Å². The highest BCUT2D eigenvalue weighted by Crippen LogP contribution is 2.02. The summed E-state index contributed by atoms with van der Waals surface area (Å²) in [6.45, 7) is 2.74. The first-order chi connectivity index (χ1) is 8.24. The smallest absolute Gasteiger partial charge is 0.251 e. The summed E-state index contributed by atoms with van der Waals surface area (Å²) in [5.41, 5.74) is 1.49. The van der Waals surface area contributed by atoms with Crippen LogP contribution in [0.25, 0.3) is 0 Å². The van der Waals surface area contributed by atoms with Crippen molar-refractivity contribution in [1.29, 1.82) is 0 Å². The van der Waals surface area contributed by atoms with Crippen LogP contribution in [0.4, 0.5) is 0 Å². The molecule has 0 aliphatic carbocycles. The number of aromatic nitrogens is 1. The monoisotopic (exact) mass is 254 g/mol. The van der Waals surface area contributed by atoms with E-state index in [4.69, 9.17) is 5.11 Å². The number of hydrogen-bond acceptors (Lipinski definition) is 4. The minimum Gasteiger partial charge on any atom is -0.396 e. The van der Waals surface area contributed by atoms with Crippen molar-refractivity contribution in [3.63, 3.8) is 0 Å². The molecular weight excluding hydrogens is 236 g/mol. The van der Waals surface area contributed by atoms with Crippen molar-refractivity contribution >= 4 is 17.7 Å². The molecule has 5 heteroatoms. The Bertz CT molecular complexity index is 358. The van der Waals surface area contributed by atoms with E-state index in [0.29, 0.717) is 12.1 Å². The molecule has 0 saturated carbocycles. The summed E-state index contributed by atoms with van der Waals surface area (Å²) in [5, 5.41) is 11.4. The van der Waals surface area contributed by atoms with Crippen molar-refractivity contribution in [1.82, 2.24) is 10.3 Å². The fraction of sp³-hybridized carbons (Fsp3) is 0.500. The molecule has 0 atom stereocenters. The van der Waals surface area contributed by atoms with Crippen LogP contribution in [0.5, 0.6) is 0 Å². The zero-order valence-electron chi connectivity index (χ0n) is 9.98. The van der Waals surface area contributed by atoms with Crippen molar-refractivity contribution in [3.05, 3.63) is 29.6 Å². The molecule has 0 saturated heterocycles. The molecular formula is C12H18N2O2S. The van der Waals surface area contributed by atoms with Crippen LogP contribution in [-0.4, -0.2) is 40.7 Å². The first-order valence-electron chi connectivity index (χ1n) is 5.63. The second-order valence-electron chi connectivity index (χ2n) is 3.63. The van der Waals surface area contributed by atoms with Crippen LogP contribution >= 0.6 is 11.8 Å². The van der Waals surface area contributed by atoms with Gasteiger partial charge in [-0.1, -0.05) is 0 Å². The molecule has 2 N–H and O–H groups in total. The summed E-state index contributed by atoms with van der Waals surface area (Å²) < 4.78 is 0. The normalized spacial score (nSPS) is 10.2. The van der Waals surface area contributed by atoms with Crippen LogP contribution in [0.2, 0.25) is 0 Å². The van der Waals surface area contributed by atoms with Crippen molar-refractivity contribution in [2.75, 3.05) is 24.7 Å². The molecule has 17 heavy (non-hydrogen) atoms. The fourth-order valence-corrected chi connectivity index (χ4v) is 2.08. The number of nitrogens with zero attached hydrogens (tertiary/aromatic N) is 1. The summed E-state index contributed by atoms with van der Waals surface area (Å²) in [6.07, 6.45) is 2.45. The number of aryl methyl sites for hydroxylation is 1. The molecule has 94 valence electrons. The molecule has 1 aromatic heterocycles. The highest BCUT2D eigenvalue weighted by Gasteiger charge is 2.04. The van der Waals surface area contributed by atoms with E-state index in [2.05, 4.69) is 10.3 Å². The lowest BCUT2D eigenvalue weighted by Gasteiger charge is -2.05. The van der Waals surface area contributed by atoms with E-state index in [1.807, 2.05) is 6.92 Å². The van der Waals surface area contributed by atoms with E-state index in [0.717, 1.165) is 23.6 Å². The lowest BCUT2D eigenvalue weighted by atomic mass is 10.2. The molecule has 4 nitrogen and oxygen atoms in total. The van der Waals surface area contributed by atoms with E-state index >= 15 is 0 Å². The number of pyridine rings is 1. The van der Waals surface area contributed by atoms with Crippen LogP contribution in [0.15, 0.2) is 18.3 Å². The highest BCUT2D eigenvalue weighted by molar-refractivity contribution is 7.99. The minimum atomic E-state index is -0.0572. The first-order valence-corrected chi connectivity index (χ1v) is 6.79. The second kappa shape index (κ2) is 8.08. The van der Waals surface area contributed by atoms with Gasteiger partial charge in [-0.3, -0.25) is 9.78 Å². The molecule has 0 radical (unpaired) electrons. The Morgan fingerprint density at radius 1 is 1.53 bits per heavy atom. The summed E-state index contributed by atoms with van der Waals surface area (Å²) in [6, 6.07) is 3.48. The van der Waals surface area contributed by atoms with Crippen molar-refractivity contribution in [2.45, 2.75) is 13.3 Å². The lowest BCUT2D eigenvalue weighted by molar-refractivity contribution is 0.0956. The number of aliphatic hydroxyl groups excluding tert-OH is 1. The van der Waals surface area contributed by atoms with E-state index in [-0.39, 0.29) is 12.5 Å². The van der Waals surface area contributed by atoms with E-state index in [1.54, 1.807) is 30.1 Å². The van der Waals surface area contributed by atoms with Crippen molar-refractivity contribution < 1.29 is 9.90 Å². The Labute approximate surface area is 106 Å². The van der Waals surface area contributed by atoms with Crippen molar-refractivity contribution in [2.24, 2.45) is 0 Å². The maximum Gasteiger partial charge on any atom is 0.251 e. The van der Waals surface area contributed by atoms with Crippen LogP contribution in [0.1, 0.15) is 22.5 Å². The van der Waals surface area contributed by atoms with Gasteiger partial charge < -0.3 is 10.4 Å².